The van der Waals surface area contributed by atoms with Crippen LogP contribution in [0.5, 0.6) is 0 Å². The third-order valence-corrected chi connectivity index (χ3v) is 4.93. The van der Waals surface area contributed by atoms with Gasteiger partial charge in [-0.05, 0) is 41.8 Å². The average Bonchev–Trinajstić information content (AvgIpc) is 3.49. The molecule has 0 spiro atoms. The monoisotopic (exact) mass is 459 g/mol. The van der Waals surface area contributed by atoms with Gasteiger partial charge in [0.05, 0.1) is 5.69 Å². The topological polar surface area (TPSA) is 70.0 Å². The highest BCUT2D eigenvalue weighted by molar-refractivity contribution is 5.74. The van der Waals surface area contributed by atoms with E-state index in [1.54, 1.807) is 0 Å². The van der Waals surface area contributed by atoms with Crippen LogP contribution in [0.1, 0.15) is 55.0 Å². The first kappa shape index (κ1) is 28.2. The van der Waals surface area contributed by atoms with Crippen molar-refractivity contribution in [2.24, 2.45) is 5.73 Å². The fraction of sp³-hybridized carbons (Fsp3) is 0.241. The van der Waals surface area contributed by atoms with Gasteiger partial charge in [-0.2, -0.15) is 0 Å². The Morgan fingerprint density at radius 3 is 1.79 bits per heavy atom. The van der Waals surface area contributed by atoms with E-state index in [9.17, 15) is 9.59 Å². The van der Waals surface area contributed by atoms with Gasteiger partial charge in [-0.25, -0.2) is 0 Å². The third-order valence-electron chi connectivity index (χ3n) is 4.93. The minimum absolute atomic E-state index is 0. The van der Waals surface area contributed by atoms with Gasteiger partial charge in [-0.15, -0.1) is 0 Å². The molecule has 0 aliphatic rings. The van der Waals surface area contributed by atoms with E-state index < -0.39 is 0 Å². The molecule has 34 heavy (non-hydrogen) atoms. The number of hydrogen-bond acceptors (Lipinski definition) is 2. The minimum Gasteiger partial charge on any atom is -0.370 e. The minimum atomic E-state index is -0.252. The Labute approximate surface area is 203 Å². The first-order valence-corrected chi connectivity index (χ1v) is 11.3. The van der Waals surface area contributed by atoms with Crippen LogP contribution in [0.15, 0.2) is 97.3 Å². The van der Waals surface area contributed by atoms with E-state index in [4.69, 9.17) is 5.73 Å². The fourth-order valence-corrected chi connectivity index (χ4v) is 3.32. The van der Waals surface area contributed by atoms with E-state index >= 15 is 0 Å². The molecular formula is C29H37N3O2. The van der Waals surface area contributed by atoms with E-state index in [2.05, 4.69) is 28.8 Å². The molecule has 2 aromatic carbocycles. The zero-order valence-corrected chi connectivity index (χ0v) is 19.4. The van der Waals surface area contributed by atoms with Crippen LogP contribution >= 0.6 is 0 Å². The highest BCUT2D eigenvalue weighted by Gasteiger charge is 2.03. The lowest BCUT2D eigenvalue weighted by Crippen LogP contribution is -2.13. The van der Waals surface area contributed by atoms with Crippen molar-refractivity contribution in [3.63, 3.8) is 0 Å². The highest BCUT2D eigenvalue weighted by Crippen LogP contribution is 2.09. The lowest BCUT2D eigenvalue weighted by molar-refractivity contribution is -0.118. The number of nitrogens with two attached hydrogens (primary N) is 1. The Bertz CT molecular complexity index is 1080. The van der Waals surface area contributed by atoms with Crippen molar-refractivity contribution >= 4 is 12.2 Å². The van der Waals surface area contributed by atoms with Crippen LogP contribution in [0.3, 0.4) is 0 Å². The summed E-state index contributed by atoms with van der Waals surface area (Å²) in [5.41, 5.74) is 9.48. The maximum atomic E-state index is 10.8. The number of carbonyl (C=O) groups is 2. The van der Waals surface area contributed by atoms with E-state index in [0.29, 0.717) is 18.5 Å². The first-order valence-electron chi connectivity index (χ1n) is 11.3. The molecule has 0 aliphatic heterocycles. The summed E-state index contributed by atoms with van der Waals surface area (Å²) in [5, 5.41) is 0. The number of nitrogens with zero attached hydrogens (tertiary/aromatic N) is 2. The van der Waals surface area contributed by atoms with Crippen molar-refractivity contribution in [1.29, 1.82) is 0 Å². The van der Waals surface area contributed by atoms with Crippen molar-refractivity contribution < 1.29 is 9.59 Å². The number of aromatic nitrogens is 2. The smallest absolute Gasteiger partial charge is 0.217 e. The van der Waals surface area contributed by atoms with Crippen LogP contribution in [-0.4, -0.2) is 21.3 Å². The normalized spacial score (nSPS) is 9.47. The number of rotatable bonds is 8. The van der Waals surface area contributed by atoms with Crippen LogP contribution in [0, 0.1) is 0 Å². The number of aryl methyl sites for hydroxylation is 1. The number of amides is 1. The summed E-state index contributed by atoms with van der Waals surface area (Å²) in [4.78, 5) is 21.4. The molecule has 0 unspecified atom stereocenters. The molecular weight excluding hydrogens is 422 g/mol. The predicted octanol–water partition coefficient (Wildman–Crippen LogP) is 5.97. The lowest BCUT2D eigenvalue weighted by atomic mass is 10.2. The van der Waals surface area contributed by atoms with Crippen molar-refractivity contribution in [3.8, 4) is 0 Å². The molecule has 4 aromatic rings. The maximum absolute atomic E-state index is 10.8. The molecule has 0 radical (unpaired) electrons. The van der Waals surface area contributed by atoms with E-state index in [1.165, 1.54) is 11.1 Å². The van der Waals surface area contributed by atoms with Crippen LogP contribution in [0.4, 0.5) is 0 Å². The van der Waals surface area contributed by atoms with Gasteiger partial charge in [0, 0.05) is 37.6 Å². The Kier molecular flexibility index (Phi) is 13.1. The second-order valence-corrected chi connectivity index (χ2v) is 7.24. The Morgan fingerprint density at radius 2 is 1.26 bits per heavy atom. The summed E-state index contributed by atoms with van der Waals surface area (Å²) < 4.78 is 4.08. The Hall–Kier alpha value is -3.86. The van der Waals surface area contributed by atoms with Crippen LogP contribution in [0.2, 0.25) is 0 Å². The summed E-state index contributed by atoms with van der Waals surface area (Å²) in [7, 11) is 0. The molecule has 2 heterocycles. The van der Waals surface area contributed by atoms with E-state index in [-0.39, 0.29) is 13.3 Å². The number of primary amides is 1. The molecule has 0 saturated heterocycles. The number of aldehydes is 1. The number of hydrogen-bond donors (Lipinski definition) is 1. The number of carbonyl (C=O) groups excluding carboxylic acids is 2. The SMILES string of the molecule is C.CC.NC(=O)CCc1cccn1Cc1ccccc1.O=Cc1cccn1Cc1ccccc1. The quantitative estimate of drug-likeness (QED) is 0.330. The Balaban J connectivity index is 0.000000313. The van der Waals surface area contributed by atoms with Crippen LogP contribution < -0.4 is 5.73 Å². The molecule has 180 valence electrons. The second kappa shape index (κ2) is 15.9. The Morgan fingerprint density at radius 1 is 0.765 bits per heavy atom. The molecule has 5 heteroatoms. The summed E-state index contributed by atoms with van der Waals surface area (Å²) in [6.45, 7) is 5.59. The zero-order chi connectivity index (χ0) is 23.9. The highest BCUT2D eigenvalue weighted by atomic mass is 16.1. The molecule has 0 atom stereocenters. The summed E-state index contributed by atoms with van der Waals surface area (Å²) in [6.07, 6.45) is 5.93. The van der Waals surface area contributed by atoms with Crippen molar-refractivity contribution in [2.75, 3.05) is 0 Å². The molecule has 0 fully saturated rings. The van der Waals surface area contributed by atoms with Gasteiger partial charge in [-0.1, -0.05) is 81.9 Å². The van der Waals surface area contributed by atoms with Gasteiger partial charge < -0.3 is 14.9 Å². The summed E-state index contributed by atoms with van der Waals surface area (Å²) >= 11 is 0. The van der Waals surface area contributed by atoms with Crippen LogP contribution in [0.25, 0.3) is 0 Å². The number of benzene rings is 2. The second-order valence-electron chi connectivity index (χ2n) is 7.24. The molecule has 0 bridgehead atoms. The lowest BCUT2D eigenvalue weighted by Gasteiger charge is -2.08. The molecule has 0 saturated carbocycles. The largest absolute Gasteiger partial charge is 0.370 e. The fourth-order valence-electron chi connectivity index (χ4n) is 3.32. The molecule has 1 amide bonds. The summed E-state index contributed by atoms with van der Waals surface area (Å²) in [6, 6.07) is 28.1. The van der Waals surface area contributed by atoms with Gasteiger partial charge >= 0.3 is 0 Å². The zero-order valence-electron chi connectivity index (χ0n) is 19.4. The van der Waals surface area contributed by atoms with Gasteiger partial charge in [0.2, 0.25) is 5.91 Å². The molecule has 0 aliphatic carbocycles. The van der Waals surface area contributed by atoms with Crippen molar-refractivity contribution in [3.05, 3.63) is 120 Å². The van der Waals surface area contributed by atoms with E-state index in [0.717, 1.165) is 25.1 Å². The predicted molar refractivity (Wildman–Crippen MR) is 141 cm³/mol. The van der Waals surface area contributed by atoms with Gasteiger partial charge in [-0.3, -0.25) is 9.59 Å². The van der Waals surface area contributed by atoms with Gasteiger partial charge in [0.25, 0.3) is 0 Å². The standard InChI is InChI=1S/C14H16N2O.C12H11NO.C2H6.CH4/c15-14(17)9-8-13-7-4-10-16(13)11-12-5-2-1-3-6-12;14-10-12-7-4-8-13(12)9-11-5-2-1-3-6-11;1-2;/h1-7,10H,8-9,11H2,(H2,15,17);1-8,10H,9H2;1-2H3;1H4. The molecule has 5 nitrogen and oxygen atoms in total. The molecule has 2 N–H and O–H groups in total. The maximum Gasteiger partial charge on any atom is 0.217 e. The van der Waals surface area contributed by atoms with Gasteiger partial charge in [0.1, 0.15) is 0 Å². The van der Waals surface area contributed by atoms with Crippen molar-refractivity contribution in [2.45, 2.75) is 47.2 Å². The summed E-state index contributed by atoms with van der Waals surface area (Å²) in [5.74, 6) is -0.252. The average molecular weight is 460 g/mol. The van der Waals surface area contributed by atoms with Gasteiger partial charge in [0.15, 0.2) is 6.29 Å². The first-order chi connectivity index (χ1) is 16.2. The van der Waals surface area contributed by atoms with Crippen LogP contribution in [-0.2, 0) is 24.3 Å². The molecule has 2 aromatic heterocycles. The van der Waals surface area contributed by atoms with Crippen molar-refractivity contribution in [1.82, 2.24) is 9.13 Å². The third kappa shape index (κ3) is 9.33. The molecule has 4 rings (SSSR count). The van der Waals surface area contributed by atoms with E-state index in [1.807, 2.05) is 91.5 Å².